The van der Waals surface area contributed by atoms with Crippen molar-refractivity contribution < 1.29 is 22.7 Å². The Morgan fingerprint density at radius 3 is 2.53 bits per heavy atom. The molecule has 0 unspecified atom stereocenters. The van der Waals surface area contributed by atoms with Crippen molar-refractivity contribution in [1.29, 1.82) is 0 Å². The van der Waals surface area contributed by atoms with E-state index in [1.54, 1.807) is 0 Å². The Bertz CT molecular complexity index is 646. The topological polar surface area (TPSA) is 50.4 Å². The lowest BCUT2D eigenvalue weighted by atomic mass is 10.1. The Kier molecular flexibility index (Phi) is 2.54. The van der Waals surface area contributed by atoms with Crippen molar-refractivity contribution in [1.82, 2.24) is 0 Å². The van der Waals surface area contributed by atoms with E-state index in [0.29, 0.717) is 6.07 Å². The number of alkyl halides is 3. The summed E-state index contributed by atoms with van der Waals surface area (Å²) in [6.45, 7) is 0. The SMILES string of the molecule is O=c1cc(C(F)(F)F)c2ccc(O)c(Cl)c2o1. The van der Waals surface area contributed by atoms with Crippen molar-refractivity contribution in [3.63, 3.8) is 0 Å². The van der Waals surface area contributed by atoms with Gasteiger partial charge in [-0.05, 0) is 12.1 Å². The number of phenolic OH excluding ortho intramolecular Hbond substituents is 1. The second-order valence-corrected chi connectivity index (χ2v) is 3.63. The van der Waals surface area contributed by atoms with E-state index < -0.39 is 33.7 Å². The van der Waals surface area contributed by atoms with Crippen LogP contribution in [-0.4, -0.2) is 5.11 Å². The standard InChI is InChI=1S/C10H4ClF3O3/c11-8-6(15)2-1-4-5(10(12,13)14)3-7(16)17-9(4)8/h1-3,15H. The van der Waals surface area contributed by atoms with E-state index in [1.165, 1.54) is 0 Å². The van der Waals surface area contributed by atoms with Gasteiger partial charge in [0.15, 0.2) is 5.58 Å². The average Bonchev–Trinajstić information content (AvgIpc) is 2.22. The van der Waals surface area contributed by atoms with Crippen LogP contribution in [0.25, 0.3) is 11.0 Å². The molecule has 2 aromatic rings. The normalized spacial score (nSPS) is 12.0. The Morgan fingerprint density at radius 1 is 1.29 bits per heavy atom. The van der Waals surface area contributed by atoms with Crippen LogP contribution in [-0.2, 0) is 6.18 Å². The minimum atomic E-state index is -4.70. The molecule has 0 bridgehead atoms. The zero-order valence-corrected chi connectivity index (χ0v) is 8.76. The Morgan fingerprint density at radius 2 is 1.94 bits per heavy atom. The summed E-state index contributed by atoms with van der Waals surface area (Å²) in [5.41, 5.74) is -2.81. The molecule has 0 fully saturated rings. The molecule has 0 spiro atoms. The lowest BCUT2D eigenvalue weighted by molar-refractivity contribution is -0.136. The van der Waals surface area contributed by atoms with E-state index in [-0.39, 0.29) is 5.39 Å². The molecule has 2 rings (SSSR count). The average molecular weight is 265 g/mol. The van der Waals surface area contributed by atoms with Crippen LogP contribution in [0.3, 0.4) is 0 Å². The Labute approximate surface area is 97.0 Å². The van der Waals surface area contributed by atoms with E-state index in [4.69, 9.17) is 11.6 Å². The third kappa shape index (κ3) is 1.95. The molecular weight excluding hydrogens is 261 g/mol. The predicted molar refractivity (Wildman–Crippen MR) is 54.2 cm³/mol. The van der Waals surface area contributed by atoms with Crippen molar-refractivity contribution in [3.05, 3.63) is 39.2 Å². The van der Waals surface area contributed by atoms with Crippen LogP contribution in [0.5, 0.6) is 5.75 Å². The number of halogens is 4. The predicted octanol–water partition coefficient (Wildman–Crippen LogP) is 3.17. The first-order valence-corrected chi connectivity index (χ1v) is 4.71. The highest BCUT2D eigenvalue weighted by Gasteiger charge is 2.34. The summed E-state index contributed by atoms with van der Waals surface area (Å²) in [7, 11) is 0. The maximum atomic E-state index is 12.6. The second kappa shape index (κ2) is 3.66. The van der Waals surface area contributed by atoms with E-state index in [2.05, 4.69) is 4.42 Å². The first-order chi connectivity index (χ1) is 7.80. The number of rotatable bonds is 0. The van der Waals surface area contributed by atoms with Gasteiger partial charge in [-0.3, -0.25) is 0 Å². The number of benzene rings is 1. The van der Waals surface area contributed by atoms with Gasteiger partial charge in [-0.1, -0.05) is 11.6 Å². The highest BCUT2D eigenvalue weighted by atomic mass is 35.5. The molecular formula is C10H4ClF3O3. The molecule has 90 valence electrons. The van der Waals surface area contributed by atoms with Gasteiger partial charge < -0.3 is 9.52 Å². The molecule has 7 heteroatoms. The summed E-state index contributed by atoms with van der Waals surface area (Å²) < 4.78 is 42.5. The number of aromatic hydroxyl groups is 1. The van der Waals surface area contributed by atoms with Gasteiger partial charge in [0, 0.05) is 11.5 Å². The Hall–Kier alpha value is -1.69. The molecule has 1 aromatic heterocycles. The summed E-state index contributed by atoms with van der Waals surface area (Å²) in [4.78, 5) is 11.0. The number of hydrogen-bond acceptors (Lipinski definition) is 3. The van der Waals surface area contributed by atoms with Crippen LogP contribution in [0.2, 0.25) is 5.02 Å². The number of phenols is 1. The Balaban J connectivity index is 2.97. The molecule has 0 aliphatic carbocycles. The van der Waals surface area contributed by atoms with Crippen LogP contribution < -0.4 is 5.63 Å². The van der Waals surface area contributed by atoms with E-state index in [1.807, 2.05) is 0 Å². The van der Waals surface area contributed by atoms with E-state index in [9.17, 15) is 23.1 Å². The van der Waals surface area contributed by atoms with Gasteiger partial charge in [0.05, 0.1) is 5.56 Å². The van der Waals surface area contributed by atoms with Gasteiger partial charge >= 0.3 is 11.8 Å². The third-order valence-corrected chi connectivity index (χ3v) is 2.50. The van der Waals surface area contributed by atoms with Crippen molar-refractivity contribution in [2.24, 2.45) is 0 Å². The molecule has 0 atom stereocenters. The van der Waals surface area contributed by atoms with Crippen LogP contribution in [0.15, 0.2) is 27.4 Å². The van der Waals surface area contributed by atoms with Gasteiger partial charge in [-0.25, -0.2) is 4.79 Å². The molecule has 0 aliphatic rings. The minimum absolute atomic E-state index is 0.343. The third-order valence-electron chi connectivity index (χ3n) is 2.14. The fourth-order valence-electron chi connectivity index (χ4n) is 1.42. The van der Waals surface area contributed by atoms with Gasteiger partial charge in [-0.15, -0.1) is 0 Å². The van der Waals surface area contributed by atoms with Crippen molar-refractivity contribution in [3.8, 4) is 5.75 Å². The first-order valence-electron chi connectivity index (χ1n) is 4.33. The summed E-state index contributed by atoms with van der Waals surface area (Å²) in [5, 5.41) is 8.43. The monoisotopic (exact) mass is 264 g/mol. The summed E-state index contributed by atoms with van der Waals surface area (Å²) in [5.74, 6) is -0.457. The molecule has 1 aromatic carbocycles. The largest absolute Gasteiger partial charge is 0.506 e. The molecule has 1 N–H and O–H groups in total. The lowest BCUT2D eigenvalue weighted by Crippen LogP contribution is -2.11. The van der Waals surface area contributed by atoms with Crippen molar-refractivity contribution in [2.75, 3.05) is 0 Å². The molecule has 0 saturated carbocycles. The van der Waals surface area contributed by atoms with Crippen LogP contribution in [0.4, 0.5) is 13.2 Å². The lowest BCUT2D eigenvalue weighted by Gasteiger charge is -2.09. The molecule has 17 heavy (non-hydrogen) atoms. The minimum Gasteiger partial charge on any atom is -0.506 e. The first kappa shape index (κ1) is 11.8. The van der Waals surface area contributed by atoms with Gasteiger partial charge in [-0.2, -0.15) is 13.2 Å². The van der Waals surface area contributed by atoms with Crippen LogP contribution >= 0.6 is 11.6 Å². The zero-order valence-electron chi connectivity index (χ0n) is 8.01. The smallest absolute Gasteiger partial charge is 0.417 e. The maximum absolute atomic E-state index is 12.6. The van der Waals surface area contributed by atoms with Gasteiger partial charge in [0.25, 0.3) is 0 Å². The van der Waals surface area contributed by atoms with Crippen molar-refractivity contribution in [2.45, 2.75) is 6.18 Å². The summed E-state index contributed by atoms with van der Waals surface area (Å²) in [6.07, 6.45) is -4.70. The summed E-state index contributed by atoms with van der Waals surface area (Å²) >= 11 is 5.57. The van der Waals surface area contributed by atoms with Gasteiger partial charge in [0.1, 0.15) is 10.8 Å². The molecule has 1 heterocycles. The highest BCUT2D eigenvalue weighted by molar-refractivity contribution is 6.36. The highest BCUT2D eigenvalue weighted by Crippen LogP contribution is 2.38. The molecule has 0 aliphatic heterocycles. The maximum Gasteiger partial charge on any atom is 0.417 e. The number of hydrogen-bond donors (Lipinski definition) is 1. The van der Waals surface area contributed by atoms with E-state index in [0.717, 1.165) is 12.1 Å². The number of fused-ring (bicyclic) bond motifs is 1. The molecule has 3 nitrogen and oxygen atoms in total. The van der Waals surface area contributed by atoms with Crippen molar-refractivity contribution >= 4 is 22.6 Å². The fourth-order valence-corrected chi connectivity index (χ4v) is 1.62. The quantitative estimate of drug-likeness (QED) is 0.744. The van der Waals surface area contributed by atoms with Gasteiger partial charge in [0.2, 0.25) is 0 Å². The molecule has 0 saturated heterocycles. The molecule has 0 radical (unpaired) electrons. The fraction of sp³-hybridized carbons (Fsp3) is 0.100. The van der Waals surface area contributed by atoms with Crippen LogP contribution in [0, 0.1) is 0 Å². The van der Waals surface area contributed by atoms with Crippen LogP contribution in [0.1, 0.15) is 5.56 Å². The second-order valence-electron chi connectivity index (χ2n) is 3.25. The molecule has 0 amide bonds. The summed E-state index contributed by atoms with van der Waals surface area (Å²) in [6, 6.07) is 2.33. The van der Waals surface area contributed by atoms with E-state index >= 15 is 0 Å². The zero-order chi connectivity index (χ0) is 12.8.